The van der Waals surface area contributed by atoms with E-state index in [1.54, 1.807) is 5.57 Å². The maximum absolute atomic E-state index is 15.1. The van der Waals surface area contributed by atoms with Crippen LogP contribution in [0.15, 0.2) is 11.6 Å². The van der Waals surface area contributed by atoms with Crippen molar-refractivity contribution in [2.24, 2.45) is 68.1 Å². The van der Waals surface area contributed by atoms with E-state index in [0.29, 0.717) is 67.7 Å². The van der Waals surface area contributed by atoms with Crippen molar-refractivity contribution in [3.05, 3.63) is 11.6 Å². The number of carboxylic acid groups (broad SMARTS) is 1. The molecule has 18 atom stereocenters. The highest BCUT2D eigenvalue weighted by atomic mass is 16.4. The Morgan fingerprint density at radius 1 is 0.662 bits per heavy atom. The largest absolute Gasteiger partial charge is 0.480 e. The third kappa shape index (κ3) is 11.4. The second kappa shape index (κ2) is 23.3. The highest BCUT2D eigenvalue weighted by Gasteiger charge is 2.70. The molecule has 71 heavy (non-hydrogen) atoms. The SMILES string of the molecule is CC1CCC2(C)CCC3(C)C(=CCC4(C)C3CCC3C(C)(C(=O)N[C@@H](CCCCN)C(=O)N[C@H](C(=O)N[C@H](C(=O)N[C@@H](CCCCN)C(=O)N[C@@H](CO)C(=O)O)[C@@H](C)O)[C@@H](C)O)C(O)CCC34C)C2C1C. The lowest BCUT2D eigenvalue weighted by molar-refractivity contribution is -0.216. The van der Waals surface area contributed by atoms with Crippen molar-refractivity contribution in [2.45, 2.75) is 207 Å². The number of aliphatic hydroxyl groups excluding tert-OH is 4. The number of rotatable bonds is 22. The number of fused-ring (bicyclic) bond motifs is 7. The Labute approximate surface area is 421 Å². The van der Waals surface area contributed by atoms with Gasteiger partial charge in [-0.15, -0.1) is 0 Å². The molecule has 0 heterocycles. The van der Waals surface area contributed by atoms with Gasteiger partial charge in [-0.2, -0.15) is 0 Å². The molecular formula is C53H91N7O11. The van der Waals surface area contributed by atoms with Crippen molar-refractivity contribution in [3.8, 4) is 0 Å². The van der Waals surface area contributed by atoms with Crippen molar-refractivity contribution < 1.29 is 54.3 Å². The van der Waals surface area contributed by atoms with Gasteiger partial charge in [0.15, 0.2) is 0 Å². The fourth-order valence-electron chi connectivity index (χ4n) is 14.7. The molecule has 5 aliphatic carbocycles. The summed E-state index contributed by atoms with van der Waals surface area (Å²) in [5.41, 5.74) is 11.7. The second-order valence-corrected chi connectivity index (χ2v) is 23.8. The topological polar surface area (TPSA) is 316 Å². The number of unbranched alkanes of at least 4 members (excludes halogenated alkanes) is 2. The molecule has 0 aromatic carbocycles. The Balaban J connectivity index is 1.36. The second-order valence-electron chi connectivity index (χ2n) is 23.8. The van der Waals surface area contributed by atoms with Crippen LogP contribution < -0.4 is 38.1 Å². The van der Waals surface area contributed by atoms with E-state index in [1.807, 2.05) is 6.92 Å². The predicted octanol–water partition coefficient (Wildman–Crippen LogP) is 2.53. The number of aliphatic hydroxyl groups is 4. The van der Waals surface area contributed by atoms with E-state index in [2.05, 4.69) is 74.2 Å². The van der Waals surface area contributed by atoms with Crippen LogP contribution in [0, 0.1) is 56.7 Å². The Hall–Kier alpha value is -3.68. The van der Waals surface area contributed by atoms with E-state index in [-0.39, 0.29) is 41.5 Å². The minimum atomic E-state index is -1.72. The average molecular weight is 1000 g/mol. The summed E-state index contributed by atoms with van der Waals surface area (Å²) in [5.74, 6) is -3.76. The number of allylic oxidation sites excluding steroid dienone is 2. The summed E-state index contributed by atoms with van der Waals surface area (Å²) < 4.78 is 0. The van der Waals surface area contributed by atoms with Crippen LogP contribution in [0.2, 0.25) is 0 Å². The van der Waals surface area contributed by atoms with Crippen molar-refractivity contribution in [1.29, 1.82) is 0 Å². The van der Waals surface area contributed by atoms with Crippen LogP contribution in [0.5, 0.6) is 0 Å². The number of nitrogens with two attached hydrogens (primary N) is 2. The number of carbonyl (C=O) groups excluding carboxylic acids is 5. The van der Waals surface area contributed by atoms with Crippen LogP contribution in [0.25, 0.3) is 0 Å². The average Bonchev–Trinajstić information content (AvgIpc) is 3.31. The molecule has 0 saturated heterocycles. The first-order chi connectivity index (χ1) is 33.2. The summed E-state index contributed by atoms with van der Waals surface area (Å²) in [6.45, 7) is 18.7. The molecule has 0 aromatic rings. The maximum atomic E-state index is 15.1. The summed E-state index contributed by atoms with van der Waals surface area (Å²) >= 11 is 0. The zero-order chi connectivity index (χ0) is 53.0. The van der Waals surface area contributed by atoms with Crippen LogP contribution in [0.1, 0.15) is 159 Å². The van der Waals surface area contributed by atoms with Gasteiger partial charge in [0.05, 0.1) is 30.3 Å². The first kappa shape index (κ1) is 58.2. The third-order valence-corrected chi connectivity index (χ3v) is 19.6. The van der Waals surface area contributed by atoms with Gasteiger partial charge in [-0.05, 0) is 181 Å². The van der Waals surface area contributed by atoms with Gasteiger partial charge in [-0.25, -0.2) is 4.79 Å². The number of amides is 5. The van der Waals surface area contributed by atoms with E-state index >= 15 is 4.79 Å². The minimum absolute atomic E-state index is 0.00292. The van der Waals surface area contributed by atoms with Gasteiger partial charge in [0.1, 0.15) is 30.2 Å². The molecule has 4 saturated carbocycles. The van der Waals surface area contributed by atoms with Crippen LogP contribution in [0.4, 0.5) is 0 Å². The van der Waals surface area contributed by atoms with Gasteiger partial charge < -0.3 is 63.6 Å². The molecule has 14 N–H and O–H groups in total. The number of hydrogen-bond acceptors (Lipinski definition) is 12. The molecule has 18 heteroatoms. The molecule has 0 aliphatic heterocycles. The first-order valence-corrected chi connectivity index (χ1v) is 26.7. The van der Waals surface area contributed by atoms with Crippen LogP contribution in [0.3, 0.4) is 0 Å². The van der Waals surface area contributed by atoms with Gasteiger partial charge in [0.2, 0.25) is 29.5 Å². The Bertz CT molecular complexity index is 1970. The van der Waals surface area contributed by atoms with E-state index < -0.39 is 96.0 Å². The van der Waals surface area contributed by atoms with Gasteiger partial charge in [-0.1, -0.05) is 53.2 Å². The molecule has 0 bridgehead atoms. The smallest absolute Gasteiger partial charge is 0.328 e. The van der Waals surface area contributed by atoms with E-state index in [4.69, 9.17) is 11.5 Å². The molecule has 5 amide bonds. The number of hydrogen-bond donors (Lipinski definition) is 12. The molecule has 18 nitrogen and oxygen atoms in total. The lowest BCUT2D eigenvalue weighted by Gasteiger charge is -2.71. The molecule has 0 aromatic heterocycles. The molecule has 11 unspecified atom stereocenters. The summed E-state index contributed by atoms with van der Waals surface area (Å²) in [5, 5.41) is 65.0. The summed E-state index contributed by atoms with van der Waals surface area (Å²) in [7, 11) is 0. The Morgan fingerprint density at radius 3 is 1.73 bits per heavy atom. The third-order valence-electron chi connectivity index (χ3n) is 19.6. The fourth-order valence-corrected chi connectivity index (χ4v) is 14.7. The summed E-state index contributed by atoms with van der Waals surface area (Å²) in [4.78, 5) is 81.7. The Kier molecular flexibility index (Phi) is 19.1. The van der Waals surface area contributed by atoms with Gasteiger partial charge >= 0.3 is 5.97 Å². The van der Waals surface area contributed by atoms with E-state index in [1.165, 1.54) is 33.1 Å². The zero-order valence-corrected chi connectivity index (χ0v) is 44.2. The lowest BCUT2D eigenvalue weighted by Crippen LogP contribution is -2.68. The minimum Gasteiger partial charge on any atom is -0.480 e. The highest BCUT2D eigenvalue weighted by molar-refractivity contribution is 5.97. The van der Waals surface area contributed by atoms with Gasteiger partial charge in [0.25, 0.3) is 0 Å². The van der Waals surface area contributed by atoms with E-state index in [9.17, 15) is 49.5 Å². The monoisotopic (exact) mass is 1000 g/mol. The number of aliphatic carboxylic acids is 1. The van der Waals surface area contributed by atoms with Gasteiger partial charge in [-0.3, -0.25) is 24.0 Å². The first-order valence-electron chi connectivity index (χ1n) is 26.7. The maximum Gasteiger partial charge on any atom is 0.328 e. The standard InChI is InChI=1S/C53H91N7O11/c1-29-18-21-49(5)24-25-50(6)33(40(49)30(29)2)19-22-51(7)37(50)16-17-38-52(51,8)23-20-39(64)53(38,9)48(71)58-35(15-11-13-27-55)44(66)59-42(32(4)63)46(68)60-41(31(3)62)45(67)56-34(14-10-12-26-54)43(65)57-36(28-61)47(69)70/h19,29-32,34-42,61-64H,10-18,20-28,54-55H2,1-9H3,(H,56,67)(H,57,65)(H,58,71)(H,59,66)(H,60,68)(H,69,70)/t29?,30?,31-,32-,34+,35+,36+,37?,38?,39?,40?,41+,42+,49?,50?,51?,52?,53?/m1/s1. The highest BCUT2D eigenvalue weighted by Crippen LogP contribution is 2.75. The quantitative estimate of drug-likeness (QED) is 0.0549. The van der Waals surface area contributed by atoms with Crippen molar-refractivity contribution >= 4 is 35.5 Å². The molecule has 0 spiro atoms. The molecular weight excluding hydrogens is 911 g/mol. The predicted molar refractivity (Wildman–Crippen MR) is 269 cm³/mol. The number of nitrogens with one attached hydrogen (secondary N) is 5. The molecule has 0 radical (unpaired) electrons. The molecule has 5 rings (SSSR count). The van der Waals surface area contributed by atoms with Crippen molar-refractivity contribution in [2.75, 3.05) is 19.7 Å². The summed E-state index contributed by atoms with van der Waals surface area (Å²) in [6, 6.07) is -7.62. The summed E-state index contributed by atoms with van der Waals surface area (Å²) in [6.07, 6.45) is 9.02. The molecule has 404 valence electrons. The van der Waals surface area contributed by atoms with Crippen molar-refractivity contribution in [1.82, 2.24) is 26.6 Å². The normalized spacial score (nSPS) is 36.2. The van der Waals surface area contributed by atoms with Crippen LogP contribution in [-0.2, 0) is 28.8 Å². The van der Waals surface area contributed by atoms with E-state index in [0.717, 1.165) is 32.1 Å². The number of carbonyl (C=O) groups is 6. The van der Waals surface area contributed by atoms with Crippen LogP contribution in [-0.4, -0.2) is 129 Å². The Morgan fingerprint density at radius 2 is 1.18 bits per heavy atom. The molecule has 5 aliphatic rings. The number of carboxylic acids is 1. The van der Waals surface area contributed by atoms with Gasteiger partial charge in [0, 0.05) is 0 Å². The van der Waals surface area contributed by atoms with Crippen molar-refractivity contribution in [3.63, 3.8) is 0 Å². The fraction of sp³-hybridized carbons (Fsp3) is 0.849. The zero-order valence-electron chi connectivity index (χ0n) is 44.2. The lowest BCUT2D eigenvalue weighted by atomic mass is 9.33. The molecule has 4 fully saturated rings. The van der Waals surface area contributed by atoms with Crippen LogP contribution >= 0.6 is 0 Å².